The van der Waals surface area contributed by atoms with Gasteiger partial charge in [-0.3, -0.25) is 9.97 Å². The zero-order valence-electron chi connectivity index (χ0n) is 26.6. The van der Waals surface area contributed by atoms with E-state index in [1.165, 1.54) is 22.3 Å². The van der Waals surface area contributed by atoms with E-state index in [2.05, 4.69) is 113 Å². The quantitative estimate of drug-likeness (QED) is 0.184. The normalized spacial score (nSPS) is 16.3. The molecule has 0 spiro atoms. The molecule has 0 aliphatic heterocycles. The molecule has 1 atom stereocenters. The maximum atomic E-state index is 4.47. The van der Waals surface area contributed by atoms with Gasteiger partial charge in [-0.2, -0.15) is 0 Å². The number of anilines is 3. The summed E-state index contributed by atoms with van der Waals surface area (Å²) >= 11 is 0. The van der Waals surface area contributed by atoms with Crippen LogP contribution in [0.4, 0.5) is 17.1 Å². The van der Waals surface area contributed by atoms with Crippen LogP contribution in [0, 0.1) is 6.92 Å². The number of aromatic nitrogens is 2. The summed E-state index contributed by atoms with van der Waals surface area (Å²) in [5, 5.41) is 3.55. The monoisotopic (exact) mass is 600 g/mol. The molecule has 2 aliphatic carbocycles. The molecule has 1 N–H and O–H groups in total. The zero-order valence-corrected chi connectivity index (χ0v) is 26.6. The lowest BCUT2D eigenvalue weighted by Gasteiger charge is -2.28. The number of hydrogen-bond acceptors (Lipinski definition) is 4. The van der Waals surface area contributed by atoms with Crippen LogP contribution >= 0.6 is 0 Å². The fraction of sp³-hybridized carbons (Fsp3) is 0.143. The van der Waals surface area contributed by atoms with Gasteiger partial charge in [0.15, 0.2) is 0 Å². The van der Waals surface area contributed by atoms with Crippen LogP contribution in [0.15, 0.2) is 164 Å². The number of nitrogens with one attached hydrogen (secondary N) is 1. The van der Waals surface area contributed by atoms with Gasteiger partial charge in [-0.05, 0) is 109 Å². The minimum atomic E-state index is 0.400. The van der Waals surface area contributed by atoms with E-state index in [-0.39, 0.29) is 0 Å². The van der Waals surface area contributed by atoms with Gasteiger partial charge < -0.3 is 10.2 Å². The highest BCUT2D eigenvalue weighted by molar-refractivity contribution is 5.80. The third-order valence-corrected chi connectivity index (χ3v) is 8.37. The van der Waals surface area contributed by atoms with Gasteiger partial charge >= 0.3 is 0 Å². The molecule has 0 amide bonds. The Balaban J connectivity index is 1.36. The first kappa shape index (κ1) is 30.5. The second kappa shape index (κ2) is 15.0. The van der Waals surface area contributed by atoms with Crippen LogP contribution in [-0.4, -0.2) is 9.97 Å². The number of nitrogens with zero attached hydrogens (tertiary/aromatic N) is 3. The SMILES string of the molecule is CC1=CC=CCC1c1cc(-c2cc(N/C=C/C=C\C=C/c3cccnc3)cc(N(C3=CCCC=C3)c3cccnc3)c2)ccc1C. The van der Waals surface area contributed by atoms with Crippen LogP contribution in [0.1, 0.15) is 48.8 Å². The van der Waals surface area contributed by atoms with Crippen molar-refractivity contribution in [2.45, 2.75) is 39.0 Å². The molecule has 0 fully saturated rings. The number of aryl methyl sites for hydroxylation is 1. The van der Waals surface area contributed by atoms with Crippen molar-refractivity contribution in [1.82, 2.24) is 9.97 Å². The highest BCUT2D eigenvalue weighted by Crippen LogP contribution is 2.39. The molecular formula is C42H40N4. The minimum absolute atomic E-state index is 0.400. The van der Waals surface area contributed by atoms with Crippen LogP contribution < -0.4 is 10.2 Å². The van der Waals surface area contributed by atoms with E-state index in [0.717, 1.165) is 53.1 Å². The molecule has 0 bridgehead atoms. The van der Waals surface area contributed by atoms with E-state index in [1.54, 1.807) is 6.20 Å². The van der Waals surface area contributed by atoms with E-state index < -0.39 is 0 Å². The molecule has 0 saturated carbocycles. The van der Waals surface area contributed by atoms with Gasteiger partial charge in [-0.15, -0.1) is 0 Å². The predicted molar refractivity (Wildman–Crippen MR) is 195 cm³/mol. The Morgan fingerprint density at radius 1 is 0.804 bits per heavy atom. The molecule has 1 unspecified atom stereocenters. The summed E-state index contributed by atoms with van der Waals surface area (Å²) in [5.74, 6) is 0.400. The van der Waals surface area contributed by atoms with Crippen LogP contribution in [0.25, 0.3) is 17.2 Å². The molecule has 228 valence electrons. The third-order valence-electron chi connectivity index (χ3n) is 8.37. The van der Waals surface area contributed by atoms with Crippen molar-refractivity contribution in [1.29, 1.82) is 0 Å². The summed E-state index contributed by atoms with van der Waals surface area (Å²) in [4.78, 5) is 10.9. The Morgan fingerprint density at radius 2 is 1.67 bits per heavy atom. The summed E-state index contributed by atoms with van der Waals surface area (Å²) in [6.45, 7) is 4.47. The maximum Gasteiger partial charge on any atom is 0.0644 e. The molecule has 0 radical (unpaired) electrons. The van der Waals surface area contributed by atoms with E-state index in [0.29, 0.717) is 5.92 Å². The lowest BCUT2D eigenvalue weighted by molar-refractivity contribution is 0.791. The summed E-state index contributed by atoms with van der Waals surface area (Å²) in [6.07, 6.45) is 36.1. The average Bonchev–Trinajstić information content (AvgIpc) is 3.10. The Bertz CT molecular complexity index is 1860. The molecule has 4 nitrogen and oxygen atoms in total. The second-order valence-corrected chi connectivity index (χ2v) is 11.7. The van der Waals surface area contributed by atoms with Crippen molar-refractivity contribution in [2.75, 3.05) is 10.2 Å². The standard InChI is InChI=1S/C42H40N4/c1-32-14-9-10-20-41(32)42-28-35(22-21-33(42)2)36-26-37(45-25-11-4-3-6-15-34-16-12-23-43-30-34)29-40(27-36)46(38-17-7-5-8-18-38)39-19-13-24-44-31-39/h3-4,6-7,9-19,21-31,41,45H,5,8,20H2,1-2H3/b4-3-,15-6-,25-11+. The smallest absolute Gasteiger partial charge is 0.0644 e. The molecule has 6 rings (SSSR count). The van der Waals surface area contributed by atoms with Crippen LogP contribution in [-0.2, 0) is 0 Å². The van der Waals surface area contributed by atoms with Crippen LogP contribution in [0.2, 0.25) is 0 Å². The zero-order chi connectivity index (χ0) is 31.6. The van der Waals surface area contributed by atoms with Gasteiger partial charge in [0.05, 0.1) is 11.9 Å². The first-order valence-electron chi connectivity index (χ1n) is 16.0. The molecular weight excluding hydrogens is 560 g/mol. The van der Waals surface area contributed by atoms with E-state index in [9.17, 15) is 0 Å². The maximum absolute atomic E-state index is 4.47. The molecule has 2 aromatic heterocycles. The van der Waals surface area contributed by atoms with Gasteiger partial charge in [0, 0.05) is 47.8 Å². The summed E-state index contributed by atoms with van der Waals surface area (Å²) in [5.41, 5.74) is 11.8. The Hall–Kier alpha value is -5.48. The highest BCUT2D eigenvalue weighted by atomic mass is 15.2. The Morgan fingerprint density at radius 3 is 2.46 bits per heavy atom. The fourth-order valence-electron chi connectivity index (χ4n) is 5.96. The molecule has 2 heterocycles. The van der Waals surface area contributed by atoms with E-state index >= 15 is 0 Å². The molecule has 2 aliphatic rings. The number of pyridine rings is 2. The average molecular weight is 601 g/mol. The summed E-state index contributed by atoms with van der Waals surface area (Å²) in [7, 11) is 0. The summed E-state index contributed by atoms with van der Waals surface area (Å²) < 4.78 is 0. The van der Waals surface area contributed by atoms with Crippen molar-refractivity contribution >= 4 is 23.1 Å². The number of benzene rings is 2. The van der Waals surface area contributed by atoms with E-state index in [1.807, 2.05) is 73.4 Å². The molecule has 4 aromatic rings. The van der Waals surface area contributed by atoms with Crippen molar-refractivity contribution in [3.05, 3.63) is 180 Å². The van der Waals surface area contributed by atoms with Crippen LogP contribution in [0.3, 0.4) is 0 Å². The first-order chi connectivity index (χ1) is 22.7. The number of allylic oxidation sites excluding steroid dienone is 11. The van der Waals surface area contributed by atoms with E-state index in [4.69, 9.17) is 0 Å². The minimum Gasteiger partial charge on any atom is -0.362 e. The summed E-state index contributed by atoms with van der Waals surface area (Å²) in [6, 6.07) is 21.8. The number of hydrogen-bond donors (Lipinski definition) is 1. The molecule has 46 heavy (non-hydrogen) atoms. The third kappa shape index (κ3) is 7.59. The predicted octanol–water partition coefficient (Wildman–Crippen LogP) is 11.0. The second-order valence-electron chi connectivity index (χ2n) is 11.7. The first-order valence-corrected chi connectivity index (χ1v) is 16.0. The van der Waals surface area contributed by atoms with Gasteiger partial charge in [-0.25, -0.2) is 0 Å². The molecule has 4 heteroatoms. The van der Waals surface area contributed by atoms with Crippen molar-refractivity contribution in [3.8, 4) is 11.1 Å². The van der Waals surface area contributed by atoms with Gasteiger partial charge in [-0.1, -0.05) is 84.5 Å². The topological polar surface area (TPSA) is 41.1 Å². The highest BCUT2D eigenvalue weighted by Gasteiger charge is 2.19. The van der Waals surface area contributed by atoms with Gasteiger partial charge in [0.2, 0.25) is 0 Å². The van der Waals surface area contributed by atoms with Crippen molar-refractivity contribution in [2.24, 2.45) is 0 Å². The van der Waals surface area contributed by atoms with Crippen molar-refractivity contribution < 1.29 is 0 Å². The van der Waals surface area contributed by atoms with Crippen LogP contribution in [0.5, 0.6) is 0 Å². The lowest BCUT2D eigenvalue weighted by atomic mass is 9.83. The molecule has 2 aromatic carbocycles. The number of rotatable bonds is 10. The molecule has 0 saturated heterocycles. The largest absolute Gasteiger partial charge is 0.362 e. The van der Waals surface area contributed by atoms with Gasteiger partial charge in [0.1, 0.15) is 0 Å². The Kier molecular flexibility index (Phi) is 9.96. The Labute approximate surface area is 273 Å². The van der Waals surface area contributed by atoms with Gasteiger partial charge in [0.25, 0.3) is 0 Å². The van der Waals surface area contributed by atoms with Crippen molar-refractivity contribution in [3.63, 3.8) is 0 Å². The fourth-order valence-corrected chi connectivity index (χ4v) is 5.96. The lowest BCUT2D eigenvalue weighted by Crippen LogP contribution is -2.16.